The zero-order valence-electron chi connectivity index (χ0n) is 12.2. The van der Waals surface area contributed by atoms with E-state index in [0.29, 0.717) is 24.6 Å². The molecule has 3 rings (SSSR count). The smallest absolute Gasteiger partial charge is 0.251 e. The highest BCUT2D eigenvalue weighted by Gasteiger charge is 2.34. The monoisotopic (exact) mass is 312 g/mol. The summed E-state index contributed by atoms with van der Waals surface area (Å²) in [7, 11) is 0. The molecule has 1 atom stereocenters. The van der Waals surface area contributed by atoms with E-state index in [0.717, 1.165) is 16.6 Å². The number of terminal acetylenes is 1. The second-order valence-corrected chi connectivity index (χ2v) is 5.53. The van der Waals surface area contributed by atoms with Crippen molar-refractivity contribution in [3.63, 3.8) is 0 Å². The largest absolute Gasteiger partial charge is 0.350 e. The number of thiocarbonyl (C=S) groups is 1. The van der Waals surface area contributed by atoms with Gasteiger partial charge in [0.25, 0.3) is 5.91 Å². The Hall–Kier alpha value is -2.39. The molecule has 2 aromatic rings. The quantitative estimate of drug-likeness (QED) is 0.683. The van der Waals surface area contributed by atoms with Crippen LogP contribution in [0.25, 0.3) is 11.0 Å². The van der Waals surface area contributed by atoms with Gasteiger partial charge in [-0.1, -0.05) is 5.92 Å². The molecular weight excluding hydrogens is 296 g/mol. The van der Waals surface area contributed by atoms with E-state index in [-0.39, 0.29) is 11.9 Å². The predicted molar refractivity (Wildman–Crippen MR) is 89.2 cm³/mol. The van der Waals surface area contributed by atoms with Crippen molar-refractivity contribution in [3.05, 3.63) is 30.1 Å². The lowest BCUT2D eigenvalue weighted by Gasteiger charge is -2.10. The Bertz CT molecular complexity index is 789. The summed E-state index contributed by atoms with van der Waals surface area (Å²) in [5.41, 5.74) is 2.86. The number of amides is 1. The molecule has 3 heterocycles. The number of hydrogen-bond donors (Lipinski definition) is 1. The van der Waals surface area contributed by atoms with Crippen molar-refractivity contribution in [2.24, 2.45) is 0 Å². The predicted octanol–water partition coefficient (Wildman–Crippen LogP) is 1.32. The van der Waals surface area contributed by atoms with Gasteiger partial charge in [-0.2, -0.15) is 0 Å². The lowest BCUT2D eigenvalue weighted by Crippen LogP contribution is -2.32. The van der Waals surface area contributed by atoms with Gasteiger partial charge in [0.15, 0.2) is 5.11 Å². The number of nitrogens with zero attached hydrogens (tertiary/aromatic N) is 3. The van der Waals surface area contributed by atoms with Crippen LogP contribution in [0.1, 0.15) is 12.5 Å². The first-order valence-electron chi connectivity index (χ1n) is 7.13. The molecule has 1 aliphatic rings. The van der Waals surface area contributed by atoms with Crippen molar-refractivity contribution in [2.75, 3.05) is 6.54 Å². The van der Waals surface area contributed by atoms with Crippen molar-refractivity contribution in [2.45, 2.75) is 25.9 Å². The number of fused-ring (bicyclic) bond motifs is 1. The van der Waals surface area contributed by atoms with Crippen LogP contribution in [0.5, 0.6) is 0 Å². The second kappa shape index (κ2) is 5.78. The molecule has 22 heavy (non-hydrogen) atoms. The molecule has 1 fully saturated rings. The van der Waals surface area contributed by atoms with Gasteiger partial charge in [-0.25, -0.2) is 0 Å². The number of hydrogen-bond acceptors (Lipinski definition) is 3. The van der Waals surface area contributed by atoms with Gasteiger partial charge >= 0.3 is 0 Å². The fourth-order valence-electron chi connectivity index (χ4n) is 2.81. The van der Waals surface area contributed by atoms with Gasteiger partial charge in [-0.05, 0) is 36.8 Å². The Morgan fingerprint density at radius 2 is 2.36 bits per heavy atom. The summed E-state index contributed by atoms with van der Waals surface area (Å²) in [5, 5.41) is 3.59. The molecule has 1 unspecified atom stereocenters. The third kappa shape index (κ3) is 2.34. The van der Waals surface area contributed by atoms with Crippen LogP contribution in [-0.2, 0) is 17.8 Å². The SMILES string of the molecule is C#CCn1cc(CC2NC(=S)N(CC)C2=O)c2ncccc21. The first-order chi connectivity index (χ1) is 10.7. The highest BCUT2D eigenvalue weighted by Crippen LogP contribution is 2.22. The molecule has 2 aromatic heterocycles. The summed E-state index contributed by atoms with van der Waals surface area (Å²) in [6, 6.07) is 3.53. The van der Waals surface area contributed by atoms with E-state index in [2.05, 4.69) is 16.2 Å². The Balaban J connectivity index is 1.93. The van der Waals surface area contributed by atoms with E-state index < -0.39 is 0 Å². The van der Waals surface area contributed by atoms with Crippen molar-refractivity contribution >= 4 is 34.3 Å². The van der Waals surface area contributed by atoms with Crippen molar-refractivity contribution in [1.29, 1.82) is 0 Å². The first-order valence-corrected chi connectivity index (χ1v) is 7.54. The van der Waals surface area contributed by atoms with E-state index >= 15 is 0 Å². The Labute approximate surface area is 134 Å². The maximum absolute atomic E-state index is 12.3. The molecule has 0 spiro atoms. The standard InChI is InChI=1S/C16H16N4OS/c1-3-8-19-10-11(14-13(19)6-5-7-17-14)9-12-15(21)20(4-2)16(22)18-12/h1,5-7,10,12H,4,8-9H2,2H3,(H,18,22). The average Bonchev–Trinajstić information content (AvgIpc) is 2.99. The van der Waals surface area contributed by atoms with Crippen LogP contribution in [0.3, 0.4) is 0 Å². The minimum Gasteiger partial charge on any atom is -0.350 e. The highest BCUT2D eigenvalue weighted by atomic mass is 32.1. The Morgan fingerprint density at radius 3 is 3.05 bits per heavy atom. The van der Waals surface area contributed by atoms with E-state index in [4.69, 9.17) is 18.6 Å². The summed E-state index contributed by atoms with van der Waals surface area (Å²) >= 11 is 5.20. The van der Waals surface area contributed by atoms with Crippen molar-refractivity contribution in [3.8, 4) is 12.3 Å². The van der Waals surface area contributed by atoms with Crippen molar-refractivity contribution < 1.29 is 4.79 Å². The molecule has 5 nitrogen and oxygen atoms in total. The van der Waals surface area contributed by atoms with E-state index in [1.165, 1.54) is 0 Å². The number of carbonyl (C=O) groups is 1. The fraction of sp³-hybridized carbons (Fsp3) is 0.312. The summed E-state index contributed by atoms with van der Waals surface area (Å²) in [6.45, 7) is 2.97. The molecule has 1 aliphatic heterocycles. The summed E-state index contributed by atoms with van der Waals surface area (Å²) in [4.78, 5) is 18.4. The summed E-state index contributed by atoms with van der Waals surface area (Å²) in [5.74, 6) is 2.65. The molecule has 0 aromatic carbocycles. The number of nitrogens with one attached hydrogen (secondary N) is 1. The van der Waals surface area contributed by atoms with Crippen LogP contribution in [0, 0.1) is 12.3 Å². The van der Waals surface area contributed by atoms with Crippen LogP contribution >= 0.6 is 12.2 Å². The fourth-order valence-corrected chi connectivity index (χ4v) is 3.17. The number of likely N-dealkylation sites (N-methyl/N-ethyl adjacent to an activating group) is 1. The Kier molecular flexibility index (Phi) is 3.82. The third-order valence-corrected chi connectivity index (χ3v) is 4.16. The lowest BCUT2D eigenvalue weighted by molar-refractivity contribution is -0.126. The van der Waals surface area contributed by atoms with Crippen molar-refractivity contribution in [1.82, 2.24) is 19.8 Å². The normalized spacial score (nSPS) is 17.8. The summed E-state index contributed by atoms with van der Waals surface area (Å²) in [6.07, 6.45) is 9.69. The highest BCUT2D eigenvalue weighted by molar-refractivity contribution is 7.80. The van der Waals surface area contributed by atoms with Gasteiger partial charge in [0, 0.05) is 25.4 Å². The molecule has 112 valence electrons. The zero-order chi connectivity index (χ0) is 15.7. The Morgan fingerprint density at radius 1 is 1.55 bits per heavy atom. The maximum atomic E-state index is 12.3. The van der Waals surface area contributed by atoms with Crippen LogP contribution in [0.2, 0.25) is 0 Å². The number of carbonyl (C=O) groups excluding carboxylic acids is 1. The average molecular weight is 312 g/mol. The third-order valence-electron chi connectivity index (χ3n) is 3.82. The summed E-state index contributed by atoms with van der Waals surface area (Å²) < 4.78 is 1.98. The van der Waals surface area contributed by atoms with Gasteiger partial charge in [-0.3, -0.25) is 14.7 Å². The van der Waals surface area contributed by atoms with E-state index in [9.17, 15) is 4.79 Å². The van der Waals surface area contributed by atoms with Gasteiger partial charge < -0.3 is 9.88 Å². The molecule has 1 saturated heterocycles. The van der Waals surface area contributed by atoms with Crippen LogP contribution in [-0.4, -0.2) is 38.1 Å². The number of aromatic nitrogens is 2. The topological polar surface area (TPSA) is 50.2 Å². The van der Waals surface area contributed by atoms with Crippen LogP contribution in [0.4, 0.5) is 0 Å². The first kappa shape index (κ1) is 14.5. The maximum Gasteiger partial charge on any atom is 0.251 e. The van der Waals surface area contributed by atoms with Gasteiger partial charge in [-0.15, -0.1) is 6.42 Å². The molecule has 0 bridgehead atoms. The number of rotatable bonds is 4. The molecule has 1 N–H and O–H groups in total. The molecular formula is C16H16N4OS. The molecule has 0 aliphatic carbocycles. The molecule has 0 radical (unpaired) electrons. The van der Waals surface area contributed by atoms with E-state index in [1.807, 2.05) is 29.8 Å². The molecule has 1 amide bonds. The number of pyridine rings is 1. The minimum atomic E-state index is -0.334. The molecule has 6 heteroatoms. The van der Waals surface area contributed by atoms with Crippen LogP contribution < -0.4 is 5.32 Å². The van der Waals surface area contributed by atoms with Crippen LogP contribution in [0.15, 0.2) is 24.5 Å². The lowest BCUT2D eigenvalue weighted by atomic mass is 10.1. The van der Waals surface area contributed by atoms with Gasteiger partial charge in [0.2, 0.25) is 0 Å². The van der Waals surface area contributed by atoms with E-state index in [1.54, 1.807) is 11.1 Å². The molecule has 0 saturated carbocycles. The minimum absolute atomic E-state index is 0.0151. The zero-order valence-corrected chi connectivity index (χ0v) is 13.1. The van der Waals surface area contributed by atoms with Gasteiger partial charge in [0.05, 0.1) is 17.6 Å². The second-order valence-electron chi connectivity index (χ2n) is 5.15. The van der Waals surface area contributed by atoms with Gasteiger partial charge in [0.1, 0.15) is 6.04 Å².